The standard InChI is InChI=1S/C20H29N3O2/c1-15-8-11-22(12-9-15)13-16-3-2-10-23(14-16)20(25)18-6-4-17(5-7-18)19(21)24/h4-7,15-16H,2-3,8-14H2,1H3,(H2,21,24). The van der Waals surface area contributed by atoms with Crippen molar-refractivity contribution in [2.24, 2.45) is 17.6 Å². The summed E-state index contributed by atoms with van der Waals surface area (Å²) in [5.41, 5.74) is 6.33. The molecule has 0 aromatic heterocycles. The molecule has 0 radical (unpaired) electrons. The first kappa shape index (κ1) is 17.9. The van der Waals surface area contributed by atoms with Crippen LogP contribution in [0.3, 0.4) is 0 Å². The number of hydrogen-bond acceptors (Lipinski definition) is 3. The second-order valence-corrected chi connectivity index (χ2v) is 7.68. The molecule has 2 amide bonds. The number of nitrogens with two attached hydrogens (primary N) is 1. The minimum absolute atomic E-state index is 0.0630. The van der Waals surface area contributed by atoms with Crippen molar-refractivity contribution in [1.29, 1.82) is 0 Å². The van der Waals surface area contributed by atoms with Crippen molar-refractivity contribution in [2.45, 2.75) is 32.6 Å². The van der Waals surface area contributed by atoms with Crippen molar-refractivity contribution in [3.05, 3.63) is 35.4 Å². The minimum atomic E-state index is -0.465. The van der Waals surface area contributed by atoms with Crippen LogP contribution in [-0.4, -0.2) is 54.3 Å². The maximum atomic E-state index is 12.8. The third kappa shape index (κ3) is 4.60. The van der Waals surface area contributed by atoms with Gasteiger partial charge in [-0.25, -0.2) is 0 Å². The second kappa shape index (κ2) is 8.00. The number of hydrogen-bond donors (Lipinski definition) is 1. The maximum absolute atomic E-state index is 12.8. The number of amides is 2. The molecule has 2 heterocycles. The van der Waals surface area contributed by atoms with Gasteiger partial charge < -0.3 is 15.5 Å². The van der Waals surface area contributed by atoms with Crippen LogP contribution in [-0.2, 0) is 0 Å². The van der Waals surface area contributed by atoms with Crippen molar-refractivity contribution in [3.8, 4) is 0 Å². The summed E-state index contributed by atoms with van der Waals surface area (Å²) in [7, 11) is 0. The summed E-state index contributed by atoms with van der Waals surface area (Å²) in [6, 6.07) is 6.67. The van der Waals surface area contributed by atoms with Crippen LogP contribution in [0.2, 0.25) is 0 Å². The smallest absolute Gasteiger partial charge is 0.253 e. The Morgan fingerprint density at radius 1 is 1.04 bits per heavy atom. The number of benzene rings is 1. The van der Waals surface area contributed by atoms with Crippen LogP contribution in [0.1, 0.15) is 53.3 Å². The quantitative estimate of drug-likeness (QED) is 0.913. The van der Waals surface area contributed by atoms with Crippen molar-refractivity contribution in [2.75, 3.05) is 32.7 Å². The lowest BCUT2D eigenvalue weighted by molar-refractivity contribution is 0.0622. The van der Waals surface area contributed by atoms with Gasteiger partial charge in [0.1, 0.15) is 0 Å². The molecule has 1 aromatic carbocycles. The Balaban J connectivity index is 1.56. The van der Waals surface area contributed by atoms with Gasteiger partial charge in [-0.3, -0.25) is 9.59 Å². The fraction of sp³-hybridized carbons (Fsp3) is 0.600. The summed E-state index contributed by atoms with van der Waals surface area (Å²) in [6.07, 6.45) is 4.86. The third-order valence-corrected chi connectivity index (χ3v) is 5.62. The molecule has 0 saturated carbocycles. The van der Waals surface area contributed by atoms with Crippen LogP contribution in [0, 0.1) is 11.8 Å². The molecule has 2 aliphatic heterocycles. The van der Waals surface area contributed by atoms with E-state index in [4.69, 9.17) is 5.73 Å². The van der Waals surface area contributed by atoms with Crippen LogP contribution >= 0.6 is 0 Å². The fourth-order valence-electron chi connectivity index (χ4n) is 3.97. The first-order chi connectivity index (χ1) is 12.0. The van der Waals surface area contributed by atoms with Crippen LogP contribution in [0.25, 0.3) is 0 Å². The van der Waals surface area contributed by atoms with Gasteiger partial charge in [0.05, 0.1) is 0 Å². The number of rotatable bonds is 4. The van der Waals surface area contributed by atoms with E-state index in [0.29, 0.717) is 17.0 Å². The van der Waals surface area contributed by atoms with E-state index in [2.05, 4.69) is 11.8 Å². The molecule has 25 heavy (non-hydrogen) atoms. The first-order valence-corrected chi connectivity index (χ1v) is 9.44. The number of primary amides is 1. The van der Waals surface area contributed by atoms with Gasteiger partial charge in [0.25, 0.3) is 5.91 Å². The lowest BCUT2D eigenvalue weighted by atomic mass is 9.94. The summed E-state index contributed by atoms with van der Waals surface area (Å²) in [6.45, 7) is 7.49. The van der Waals surface area contributed by atoms with Gasteiger partial charge in [-0.05, 0) is 74.9 Å². The van der Waals surface area contributed by atoms with Crippen LogP contribution < -0.4 is 5.73 Å². The lowest BCUT2D eigenvalue weighted by Gasteiger charge is -2.38. The molecule has 2 saturated heterocycles. The molecule has 1 atom stereocenters. The number of carbonyl (C=O) groups is 2. The highest BCUT2D eigenvalue weighted by Crippen LogP contribution is 2.23. The zero-order valence-corrected chi connectivity index (χ0v) is 15.1. The van der Waals surface area contributed by atoms with Gasteiger partial charge in [0, 0.05) is 30.8 Å². The third-order valence-electron chi connectivity index (χ3n) is 5.62. The predicted molar refractivity (Wildman–Crippen MR) is 98.4 cm³/mol. The van der Waals surface area contributed by atoms with Crippen molar-refractivity contribution in [3.63, 3.8) is 0 Å². The topological polar surface area (TPSA) is 66.6 Å². The lowest BCUT2D eigenvalue weighted by Crippen LogP contribution is -2.45. The Kier molecular flexibility index (Phi) is 5.74. The number of piperidine rings is 2. The van der Waals surface area contributed by atoms with E-state index in [0.717, 1.165) is 32.0 Å². The summed E-state index contributed by atoms with van der Waals surface area (Å²) < 4.78 is 0. The van der Waals surface area contributed by atoms with Gasteiger partial charge in [-0.15, -0.1) is 0 Å². The molecule has 0 spiro atoms. The second-order valence-electron chi connectivity index (χ2n) is 7.68. The van der Waals surface area contributed by atoms with E-state index in [1.54, 1.807) is 24.3 Å². The van der Waals surface area contributed by atoms with Gasteiger partial charge >= 0.3 is 0 Å². The number of likely N-dealkylation sites (tertiary alicyclic amines) is 2. The van der Waals surface area contributed by atoms with E-state index in [9.17, 15) is 9.59 Å². The molecule has 0 aliphatic carbocycles. The molecule has 2 aliphatic rings. The molecule has 3 rings (SSSR count). The van der Waals surface area contributed by atoms with Crippen molar-refractivity contribution in [1.82, 2.24) is 9.80 Å². The van der Waals surface area contributed by atoms with E-state index >= 15 is 0 Å². The first-order valence-electron chi connectivity index (χ1n) is 9.44. The van der Waals surface area contributed by atoms with E-state index in [1.807, 2.05) is 4.90 Å². The minimum Gasteiger partial charge on any atom is -0.366 e. The van der Waals surface area contributed by atoms with Crippen molar-refractivity contribution < 1.29 is 9.59 Å². The summed E-state index contributed by atoms with van der Waals surface area (Å²) >= 11 is 0. The highest BCUT2D eigenvalue weighted by Gasteiger charge is 2.27. The number of carbonyl (C=O) groups excluding carboxylic acids is 2. The van der Waals surface area contributed by atoms with Gasteiger partial charge in [0.2, 0.25) is 5.91 Å². The summed E-state index contributed by atoms with van der Waals surface area (Å²) in [5.74, 6) is 1.01. The number of nitrogens with zero attached hydrogens (tertiary/aromatic N) is 2. The van der Waals surface area contributed by atoms with E-state index in [-0.39, 0.29) is 5.91 Å². The van der Waals surface area contributed by atoms with Gasteiger partial charge in [-0.1, -0.05) is 6.92 Å². The molecule has 5 nitrogen and oxygen atoms in total. The summed E-state index contributed by atoms with van der Waals surface area (Å²) in [5, 5.41) is 0. The van der Waals surface area contributed by atoms with Gasteiger partial charge in [0.15, 0.2) is 0 Å². The maximum Gasteiger partial charge on any atom is 0.253 e. The monoisotopic (exact) mass is 343 g/mol. The Hall–Kier alpha value is -1.88. The Labute approximate surface area is 150 Å². The van der Waals surface area contributed by atoms with Crippen LogP contribution in [0.15, 0.2) is 24.3 Å². The fourth-order valence-corrected chi connectivity index (χ4v) is 3.97. The summed E-state index contributed by atoms with van der Waals surface area (Å²) in [4.78, 5) is 28.5. The van der Waals surface area contributed by atoms with Crippen LogP contribution in [0.5, 0.6) is 0 Å². The molecule has 5 heteroatoms. The molecule has 1 aromatic rings. The Morgan fingerprint density at radius 2 is 1.68 bits per heavy atom. The molecule has 2 N–H and O–H groups in total. The zero-order chi connectivity index (χ0) is 17.8. The average Bonchev–Trinajstić information content (AvgIpc) is 2.63. The molecular weight excluding hydrogens is 314 g/mol. The van der Waals surface area contributed by atoms with Gasteiger partial charge in [-0.2, -0.15) is 0 Å². The molecule has 136 valence electrons. The van der Waals surface area contributed by atoms with E-state index < -0.39 is 5.91 Å². The predicted octanol–water partition coefficient (Wildman–Crippen LogP) is 2.37. The molecule has 0 bridgehead atoms. The largest absolute Gasteiger partial charge is 0.366 e. The highest BCUT2D eigenvalue weighted by molar-refractivity contribution is 5.97. The SMILES string of the molecule is CC1CCN(CC2CCCN(C(=O)c3ccc(C(N)=O)cc3)C2)CC1. The average molecular weight is 343 g/mol. The Morgan fingerprint density at radius 3 is 2.32 bits per heavy atom. The van der Waals surface area contributed by atoms with Crippen LogP contribution in [0.4, 0.5) is 0 Å². The van der Waals surface area contributed by atoms with Crippen molar-refractivity contribution >= 4 is 11.8 Å². The molecular formula is C20H29N3O2. The Bertz CT molecular complexity index is 606. The van der Waals surface area contributed by atoms with E-state index in [1.165, 1.54) is 32.4 Å². The molecule has 2 fully saturated rings. The molecule has 1 unspecified atom stereocenters. The zero-order valence-electron chi connectivity index (χ0n) is 15.1. The highest BCUT2D eigenvalue weighted by atomic mass is 16.2. The normalized spacial score (nSPS) is 22.8.